The quantitative estimate of drug-likeness (QED) is 0.370. The summed E-state index contributed by atoms with van der Waals surface area (Å²) in [7, 11) is 0. The fraction of sp³-hybridized carbons (Fsp3) is 0.875. The van der Waals surface area contributed by atoms with Crippen LogP contribution in [0.25, 0.3) is 0 Å². The Labute approximate surface area is 136 Å². The van der Waals surface area contributed by atoms with E-state index < -0.39 is 30.4 Å². The zero-order chi connectivity index (χ0) is 17.7. The number of hydrogen-bond donors (Lipinski definition) is 4. The molecule has 7 heteroatoms. The standard InChI is InChI=1S/C16H28O7/c1-8(2)10-5-4-9(3)6-12(10)23-16(22)15(21)14(20)13(19)11(18)7-17/h7-15,18-21H,4-6H2,1-3H3/t9?,10?,11-,12?,13+,14-,15-/m0/s1. The summed E-state index contributed by atoms with van der Waals surface area (Å²) >= 11 is 0. The van der Waals surface area contributed by atoms with Crippen molar-refractivity contribution in [2.24, 2.45) is 17.8 Å². The molecule has 0 radical (unpaired) electrons. The monoisotopic (exact) mass is 332 g/mol. The van der Waals surface area contributed by atoms with E-state index in [-0.39, 0.29) is 18.3 Å². The lowest BCUT2D eigenvalue weighted by Gasteiger charge is -2.37. The number of aldehydes is 1. The van der Waals surface area contributed by atoms with Crippen LogP contribution in [0, 0.1) is 17.8 Å². The molecule has 0 saturated heterocycles. The molecule has 4 N–H and O–H groups in total. The molecule has 0 aromatic rings. The Morgan fingerprint density at radius 1 is 1.13 bits per heavy atom. The molecule has 1 aliphatic rings. The first-order chi connectivity index (χ1) is 10.7. The highest BCUT2D eigenvalue weighted by Crippen LogP contribution is 2.35. The summed E-state index contributed by atoms with van der Waals surface area (Å²) in [5.74, 6) is -0.179. The summed E-state index contributed by atoms with van der Waals surface area (Å²) in [4.78, 5) is 22.4. The predicted molar refractivity (Wildman–Crippen MR) is 81.3 cm³/mol. The summed E-state index contributed by atoms with van der Waals surface area (Å²) in [6.07, 6.45) is -5.56. The molecular formula is C16H28O7. The van der Waals surface area contributed by atoms with Crippen molar-refractivity contribution in [1.82, 2.24) is 0 Å². The lowest BCUT2D eigenvalue weighted by Crippen LogP contribution is -2.50. The Morgan fingerprint density at radius 2 is 1.74 bits per heavy atom. The van der Waals surface area contributed by atoms with E-state index in [1.165, 1.54) is 0 Å². The molecule has 1 fully saturated rings. The van der Waals surface area contributed by atoms with Crippen LogP contribution in [-0.2, 0) is 14.3 Å². The Bertz CT molecular complexity index is 398. The first-order valence-corrected chi connectivity index (χ1v) is 8.07. The topological polar surface area (TPSA) is 124 Å². The molecule has 0 amide bonds. The van der Waals surface area contributed by atoms with E-state index in [0.717, 1.165) is 12.8 Å². The van der Waals surface area contributed by atoms with Crippen molar-refractivity contribution in [1.29, 1.82) is 0 Å². The molecule has 0 aromatic carbocycles. The largest absolute Gasteiger partial charge is 0.460 e. The first kappa shape index (κ1) is 20.0. The van der Waals surface area contributed by atoms with Gasteiger partial charge >= 0.3 is 5.97 Å². The molecule has 0 aromatic heterocycles. The average Bonchev–Trinajstić information content (AvgIpc) is 2.51. The van der Waals surface area contributed by atoms with Gasteiger partial charge in [0.05, 0.1) is 0 Å². The normalized spacial score (nSPS) is 30.3. The maximum atomic E-state index is 12.0. The Kier molecular flexibility index (Phi) is 7.60. The number of ether oxygens (including phenoxy) is 1. The minimum Gasteiger partial charge on any atom is -0.460 e. The molecule has 1 rings (SSSR count). The van der Waals surface area contributed by atoms with E-state index >= 15 is 0 Å². The highest BCUT2D eigenvalue weighted by atomic mass is 16.6. The predicted octanol–water partition coefficient (Wildman–Crippen LogP) is -0.367. The third-order valence-corrected chi connectivity index (χ3v) is 4.63. The van der Waals surface area contributed by atoms with Crippen molar-refractivity contribution in [2.75, 3.05) is 0 Å². The van der Waals surface area contributed by atoms with Crippen molar-refractivity contribution in [2.45, 2.75) is 70.6 Å². The highest BCUT2D eigenvalue weighted by Gasteiger charge is 2.39. The van der Waals surface area contributed by atoms with E-state index in [2.05, 4.69) is 6.92 Å². The Balaban J connectivity index is 2.70. The van der Waals surface area contributed by atoms with Crippen LogP contribution >= 0.6 is 0 Å². The number of aliphatic hydroxyl groups excluding tert-OH is 4. The Morgan fingerprint density at radius 3 is 2.26 bits per heavy atom. The molecule has 0 spiro atoms. The van der Waals surface area contributed by atoms with Crippen LogP contribution in [0.1, 0.15) is 40.0 Å². The lowest BCUT2D eigenvalue weighted by molar-refractivity contribution is -0.179. The second-order valence-corrected chi connectivity index (χ2v) is 6.85. The summed E-state index contributed by atoms with van der Waals surface area (Å²) < 4.78 is 5.35. The Hall–Kier alpha value is -1.02. The second kappa shape index (κ2) is 8.73. The van der Waals surface area contributed by atoms with E-state index in [1.807, 2.05) is 13.8 Å². The minimum absolute atomic E-state index is 0.0174. The lowest BCUT2D eigenvalue weighted by atomic mass is 9.75. The van der Waals surface area contributed by atoms with Gasteiger partial charge in [-0.25, -0.2) is 4.79 Å². The fourth-order valence-electron chi connectivity index (χ4n) is 3.08. The zero-order valence-corrected chi connectivity index (χ0v) is 13.8. The SMILES string of the molecule is CC1CCC(C(C)C)C(OC(=O)[C@@H](O)[C@@H](O)[C@H](O)[C@@H](O)C=O)C1. The van der Waals surface area contributed by atoms with Gasteiger partial charge in [0, 0.05) is 0 Å². The van der Waals surface area contributed by atoms with Gasteiger partial charge in [0.2, 0.25) is 0 Å². The number of carbonyl (C=O) groups is 2. The smallest absolute Gasteiger partial charge is 0.338 e. The van der Waals surface area contributed by atoms with E-state index in [4.69, 9.17) is 9.84 Å². The molecule has 0 aliphatic heterocycles. The molecule has 0 heterocycles. The van der Waals surface area contributed by atoms with Crippen LogP contribution in [0.2, 0.25) is 0 Å². The van der Waals surface area contributed by atoms with Crippen LogP contribution < -0.4 is 0 Å². The summed E-state index contributed by atoms with van der Waals surface area (Å²) in [6, 6.07) is 0. The van der Waals surface area contributed by atoms with Crippen LogP contribution in [-0.4, -0.2) is 63.2 Å². The molecule has 0 bridgehead atoms. The number of hydrogen-bond acceptors (Lipinski definition) is 7. The molecular weight excluding hydrogens is 304 g/mol. The van der Waals surface area contributed by atoms with Crippen LogP contribution in [0.3, 0.4) is 0 Å². The van der Waals surface area contributed by atoms with Gasteiger partial charge in [0.25, 0.3) is 0 Å². The average molecular weight is 332 g/mol. The van der Waals surface area contributed by atoms with Gasteiger partial charge in [0.1, 0.15) is 24.4 Å². The van der Waals surface area contributed by atoms with E-state index in [9.17, 15) is 24.9 Å². The number of esters is 1. The highest BCUT2D eigenvalue weighted by molar-refractivity contribution is 5.75. The molecule has 1 aliphatic carbocycles. The van der Waals surface area contributed by atoms with Crippen molar-refractivity contribution >= 4 is 12.3 Å². The van der Waals surface area contributed by atoms with Crippen molar-refractivity contribution in [3.8, 4) is 0 Å². The van der Waals surface area contributed by atoms with E-state index in [1.54, 1.807) is 0 Å². The number of rotatable bonds is 7. The molecule has 7 atom stereocenters. The number of aliphatic hydroxyl groups is 4. The first-order valence-electron chi connectivity index (χ1n) is 8.07. The molecule has 7 nitrogen and oxygen atoms in total. The molecule has 134 valence electrons. The summed E-state index contributed by atoms with van der Waals surface area (Å²) in [5, 5.41) is 38.2. The van der Waals surface area contributed by atoms with Crippen LogP contribution in [0.5, 0.6) is 0 Å². The maximum Gasteiger partial charge on any atom is 0.338 e. The molecule has 1 saturated carbocycles. The van der Waals surface area contributed by atoms with Gasteiger partial charge in [0.15, 0.2) is 12.4 Å². The van der Waals surface area contributed by atoms with E-state index in [0.29, 0.717) is 18.3 Å². The summed E-state index contributed by atoms with van der Waals surface area (Å²) in [6.45, 7) is 6.14. The number of carbonyl (C=O) groups excluding carboxylic acids is 2. The molecule has 23 heavy (non-hydrogen) atoms. The van der Waals surface area contributed by atoms with Gasteiger partial charge in [-0.3, -0.25) is 0 Å². The van der Waals surface area contributed by atoms with Gasteiger partial charge in [-0.1, -0.05) is 27.2 Å². The third-order valence-electron chi connectivity index (χ3n) is 4.63. The van der Waals surface area contributed by atoms with Gasteiger partial charge in [-0.05, 0) is 30.6 Å². The van der Waals surface area contributed by atoms with Gasteiger partial charge < -0.3 is 30.0 Å². The second-order valence-electron chi connectivity index (χ2n) is 6.85. The minimum atomic E-state index is -2.02. The third kappa shape index (κ3) is 5.24. The molecule has 3 unspecified atom stereocenters. The van der Waals surface area contributed by atoms with Crippen LogP contribution in [0.4, 0.5) is 0 Å². The van der Waals surface area contributed by atoms with Gasteiger partial charge in [-0.15, -0.1) is 0 Å². The van der Waals surface area contributed by atoms with Gasteiger partial charge in [-0.2, -0.15) is 0 Å². The van der Waals surface area contributed by atoms with Crippen LogP contribution in [0.15, 0.2) is 0 Å². The van der Waals surface area contributed by atoms with Crippen molar-refractivity contribution < 1.29 is 34.8 Å². The van der Waals surface area contributed by atoms with Crippen molar-refractivity contribution in [3.05, 3.63) is 0 Å². The van der Waals surface area contributed by atoms with Crippen molar-refractivity contribution in [3.63, 3.8) is 0 Å². The fourth-order valence-corrected chi connectivity index (χ4v) is 3.08. The zero-order valence-electron chi connectivity index (χ0n) is 13.8. The summed E-state index contributed by atoms with van der Waals surface area (Å²) in [5.41, 5.74) is 0. The maximum absolute atomic E-state index is 12.0.